The summed E-state index contributed by atoms with van der Waals surface area (Å²) in [5, 5.41) is 6.18. The van der Waals surface area contributed by atoms with E-state index in [0.29, 0.717) is 25.1 Å². The van der Waals surface area contributed by atoms with Gasteiger partial charge in [0.1, 0.15) is 0 Å². The molecule has 3 N–H and O–H groups in total. The maximum absolute atomic E-state index is 12.7. The van der Waals surface area contributed by atoms with E-state index in [2.05, 4.69) is 15.2 Å². The van der Waals surface area contributed by atoms with Crippen molar-refractivity contribution in [1.82, 2.24) is 20.1 Å². The van der Waals surface area contributed by atoms with Crippen LogP contribution in [0.15, 0.2) is 42.5 Å². The zero-order valence-electron chi connectivity index (χ0n) is 14.6. The average Bonchev–Trinajstić information content (AvgIpc) is 3.12. The first kappa shape index (κ1) is 18.0. The van der Waals surface area contributed by atoms with Crippen LogP contribution < -0.4 is 5.73 Å². The quantitative estimate of drug-likeness (QED) is 0.707. The number of nitrogens with one attached hydrogen (secondary N) is 1. The van der Waals surface area contributed by atoms with Gasteiger partial charge < -0.3 is 10.6 Å². The summed E-state index contributed by atoms with van der Waals surface area (Å²) in [5.41, 5.74) is 8.30. The van der Waals surface area contributed by atoms with Crippen molar-refractivity contribution in [1.29, 1.82) is 0 Å². The fourth-order valence-electron chi connectivity index (χ4n) is 3.28. The van der Waals surface area contributed by atoms with Gasteiger partial charge in [0.2, 0.25) is 11.8 Å². The highest BCUT2D eigenvalue weighted by molar-refractivity contribution is 5.90. The number of benzene rings is 2. The molecule has 2 heterocycles. The molecule has 1 amide bonds. The number of nitrogen functional groups attached to an aromatic ring is 1. The Morgan fingerprint density at radius 3 is 2.43 bits per heavy atom. The van der Waals surface area contributed by atoms with Crippen LogP contribution in [0.3, 0.4) is 0 Å². The van der Waals surface area contributed by atoms with Gasteiger partial charge in [-0.1, -0.05) is 24.3 Å². The number of carbonyl (C=O) groups excluding carboxylic acids is 1. The molecular weight excluding hydrogens is 371 g/mol. The third kappa shape index (κ3) is 3.42. The minimum Gasteiger partial charge on any atom is -0.366 e. The predicted octanol–water partition coefficient (Wildman–Crippen LogP) is 3.27. The number of aromatic nitrogens is 3. The van der Waals surface area contributed by atoms with Crippen molar-refractivity contribution in [2.45, 2.75) is 19.1 Å². The van der Waals surface area contributed by atoms with E-state index in [1.54, 1.807) is 4.90 Å². The standard InChI is InChI=1S/C19H16F3N5O/c20-19(21,22)15-5-3-11(4-6-15)13-2-1-12-7-8-27(10-14(12)9-13)17(28)16-24-18(23)26-25-16/h1-6,9H,7-8,10H2,(H3,23,24,25,26). The van der Waals surface area contributed by atoms with E-state index >= 15 is 0 Å². The smallest absolute Gasteiger partial charge is 0.366 e. The molecule has 0 fully saturated rings. The number of fused-ring (bicyclic) bond motifs is 1. The molecular formula is C19H16F3N5O. The number of nitrogens with zero attached hydrogens (tertiary/aromatic N) is 3. The van der Waals surface area contributed by atoms with Gasteiger partial charge in [-0.2, -0.15) is 18.2 Å². The fourth-order valence-corrected chi connectivity index (χ4v) is 3.28. The summed E-state index contributed by atoms with van der Waals surface area (Å²) in [6.07, 6.45) is -3.68. The molecule has 9 heteroatoms. The van der Waals surface area contributed by atoms with Gasteiger partial charge in [-0.05, 0) is 46.9 Å². The van der Waals surface area contributed by atoms with Crippen LogP contribution in [0.4, 0.5) is 19.1 Å². The average molecular weight is 387 g/mol. The zero-order chi connectivity index (χ0) is 19.9. The largest absolute Gasteiger partial charge is 0.416 e. The Bertz CT molecular complexity index is 1030. The molecule has 0 bridgehead atoms. The van der Waals surface area contributed by atoms with Crippen molar-refractivity contribution in [3.05, 3.63) is 65.0 Å². The van der Waals surface area contributed by atoms with E-state index in [0.717, 1.165) is 28.8 Å². The van der Waals surface area contributed by atoms with E-state index in [1.165, 1.54) is 12.1 Å². The Morgan fingerprint density at radius 2 is 1.79 bits per heavy atom. The third-order valence-electron chi connectivity index (χ3n) is 4.76. The number of H-pyrrole nitrogens is 1. The van der Waals surface area contributed by atoms with Crippen LogP contribution in [-0.4, -0.2) is 32.5 Å². The van der Waals surface area contributed by atoms with Gasteiger partial charge in [-0.15, -0.1) is 5.10 Å². The monoisotopic (exact) mass is 387 g/mol. The molecule has 3 aromatic rings. The number of rotatable bonds is 2. The minimum atomic E-state index is -4.36. The van der Waals surface area contributed by atoms with E-state index < -0.39 is 11.7 Å². The minimum absolute atomic E-state index is 0.00495. The van der Waals surface area contributed by atoms with Gasteiger partial charge in [0.25, 0.3) is 5.91 Å². The first-order valence-corrected chi connectivity index (χ1v) is 8.58. The summed E-state index contributed by atoms with van der Waals surface area (Å²) >= 11 is 0. The van der Waals surface area contributed by atoms with Gasteiger partial charge >= 0.3 is 6.18 Å². The van der Waals surface area contributed by atoms with Gasteiger partial charge in [0.05, 0.1) is 5.56 Å². The lowest BCUT2D eigenvalue weighted by molar-refractivity contribution is -0.137. The summed E-state index contributed by atoms with van der Waals surface area (Å²) in [4.78, 5) is 18.0. The Balaban J connectivity index is 1.58. The second kappa shape index (κ2) is 6.66. The predicted molar refractivity (Wildman–Crippen MR) is 96.1 cm³/mol. The maximum Gasteiger partial charge on any atom is 0.416 e. The van der Waals surface area contributed by atoms with Crippen LogP contribution in [0.1, 0.15) is 27.3 Å². The summed E-state index contributed by atoms with van der Waals surface area (Å²) in [5.74, 6) is -0.208. The molecule has 28 heavy (non-hydrogen) atoms. The lowest BCUT2D eigenvalue weighted by Crippen LogP contribution is -2.36. The first-order valence-electron chi connectivity index (χ1n) is 8.58. The molecule has 0 saturated heterocycles. The summed E-state index contributed by atoms with van der Waals surface area (Å²) in [7, 11) is 0. The zero-order valence-corrected chi connectivity index (χ0v) is 14.6. The molecule has 0 radical (unpaired) electrons. The molecule has 0 saturated carbocycles. The number of carbonyl (C=O) groups is 1. The topological polar surface area (TPSA) is 87.9 Å². The number of alkyl halides is 3. The van der Waals surface area contributed by atoms with Crippen LogP contribution in [0.25, 0.3) is 11.1 Å². The lowest BCUT2D eigenvalue weighted by atomic mass is 9.94. The summed E-state index contributed by atoms with van der Waals surface area (Å²) in [6.45, 7) is 0.912. The molecule has 1 aromatic heterocycles. The second-order valence-electron chi connectivity index (χ2n) is 6.58. The van der Waals surface area contributed by atoms with Crippen LogP contribution in [-0.2, 0) is 19.1 Å². The Morgan fingerprint density at radius 1 is 1.07 bits per heavy atom. The van der Waals surface area contributed by atoms with Crippen LogP contribution in [0.2, 0.25) is 0 Å². The van der Waals surface area contributed by atoms with Crippen LogP contribution in [0, 0.1) is 0 Å². The highest BCUT2D eigenvalue weighted by Crippen LogP contribution is 2.32. The molecule has 1 aliphatic heterocycles. The van der Waals surface area contributed by atoms with Crippen LogP contribution in [0.5, 0.6) is 0 Å². The molecule has 0 atom stereocenters. The van der Waals surface area contributed by atoms with E-state index in [-0.39, 0.29) is 17.7 Å². The molecule has 0 spiro atoms. The van der Waals surface area contributed by atoms with Crippen molar-refractivity contribution in [3.63, 3.8) is 0 Å². The molecule has 144 valence electrons. The van der Waals surface area contributed by atoms with Gasteiger partial charge in [-0.3, -0.25) is 9.89 Å². The van der Waals surface area contributed by atoms with Gasteiger partial charge in [0, 0.05) is 13.1 Å². The number of nitrogens with two attached hydrogens (primary N) is 1. The Hall–Kier alpha value is -3.36. The number of hydrogen-bond acceptors (Lipinski definition) is 4. The number of amides is 1. The van der Waals surface area contributed by atoms with E-state index in [9.17, 15) is 18.0 Å². The van der Waals surface area contributed by atoms with Crippen molar-refractivity contribution in [3.8, 4) is 11.1 Å². The maximum atomic E-state index is 12.7. The van der Waals surface area contributed by atoms with E-state index in [1.807, 2.05) is 18.2 Å². The van der Waals surface area contributed by atoms with Crippen molar-refractivity contribution in [2.75, 3.05) is 12.3 Å². The van der Waals surface area contributed by atoms with Crippen molar-refractivity contribution >= 4 is 11.9 Å². The SMILES string of the molecule is Nc1n[nH]c(C(=O)N2CCc3ccc(-c4ccc(C(F)(F)F)cc4)cc3C2)n1. The second-order valence-corrected chi connectivity index (χ2v) is 6.58. The number of anilines is 1. The summed E-state index contributed by atoms with van der Waals surface area (Å²) < 4.78 is 38.2. The normalized spacial score (nSPS) is 14.0. The number of hydrogen-bond donors (Lipinski definition) is 2. The molecule has 1 aliphatic rings. The van der Waals surface area contributed by atoms with Gasteiger partial charge in [-0.25, -0.2) is 0 Å². The molecule has 0 unspecified atom stereocenters. The number of halogens is 3. The molecule has 6 nitrogen and oxygen atoms in total. The molecule has 0 aliphatic carbocycles. The summed E-state index contributed by atoms with van der Waals surface area (Å²) in [6, 6.07) is 10.8. The molecule has 2 aromatic carbocycles. The third-order valence-corrected chi connectivity index (χ3v) is 4.76. The highest BCUT2D eigenvalue weighted by Gasteiger charge is 2.30. The molecule has 4 rings (SSSR count). The fraction of sp³-hybridized carbons (Fsp3) is 0.211. The van der Waals surface area contributed by atoms with Crippen molar-refractivity contribution < 1.29 is 18.0 Å². The Kier molecular flexibility index (Phi) is 4.29. The Labute approximate surface area is 158 Å². The van der Waals surface area contributed by atoms with E-state index in [4.69, 9.17) is 5.73 Å². The van der Waals surface area contributed by atoms with Crippen molar-refractivity contribution in [2.24, 2.45) is 0 Å². The highest BCUT2D eigenvalue weighted by atomic mass is 19.4. The first-order chi connectivity index (χ1) is 13.3. The number of aromatic amines is 1. The van der Waals surface area contributed by atoms with Gasteiger partial charge in [0.15, 0.2) is 0 Å². The lowest BCUT2D eigenvalue weighted by Gasteiger charge is -2.28. The van der Waals surface area contributed by atoms with Crippen LogP contribution >= 0.6 is 0 Å².